The molecule has 0 spiro atoms. The summed E-state index contributed by atoms with van der Waals surface area (Å²) in [6.07, 6.45) is 9.70. The number of nitrogens with zero attached hydrogens (tertiary/aromatic N) is 4. The summed E-state index contributed by atoms with van der Waals surface area (Å²) in [4.78, 5) is 20.0. The van der Waals surface area contributed by atoms with Crippen molar-refractivity contribution < 1.29 is 9.53 Å². The van der Waals surface area contributed by atoms with E-state index in [0.29, 0.717) is 12.1 Å². The number of fused-ring (bicyclic) bond motifs is 1. The number of aliphatic imine (C=N–C) groups is 1. The Balaban J connectivity index is 1.46. The van der Waals surface area contributed by atoms with Crippen molar-refractivity contribution >= 4 is 28.2 Å². The third kappa shape index (κ3) is 6.94. The van der Waals surface area contributed by atoms with Gasteiger partial charge in [0.15, 0.2) is 0 Å². The van der Waals surface area contributed by atoms with Crippen molar-refractivity contribution in [2.45, 2.75) is 40.3 Å². The fourth-order valence-corrected chi connectivity index (χ4v) is 4.53. The predicted molar refractivity (Wildman–Crippen MR) is 156 cm³/mol. The van der Waals surface area contributed by atoms with E-state index in [1.165, 1.54) is 11.1 Å². The fourth-order valence-electron chi connectivity index (χ4n) is 4.53. The van der Waals surface area contributed by atoms with Crippen molar-refractivity contribution in [3.63, 3.8) is 0 Å². The molecule has 2 aromatic carbocycles. The monoisotopic (exact) mass is 511 g/mol. The molecule has 1 aliphatic heterocycles. The Kier molecular flexibility index (Phi) is 9.40. The molecule has 1 N–H and O–H groups in total. The SMILES string of the molecule is C\C=C/C(=C\C(C)=N\C=C(/C)C(=O)Nc1cccc2c1cnn2Cc1ccccc1)C(C)N1CCOCC1. The average Bonchev–Trinajstić information content (AvgIpc) is 3.35. The van der Waals surface area contributed by atoms with Crippen LogP contribution in [0.4, 0.5) is 5.69 Å². The van der Waals surface area contributed by atoms with Gasteiger partial charge in [0.2, 0.25) is 0 Å². The second kappa shape index (κ2) is 13.1. The van der Waals surface area contributed by atoms with E-state index in [-0.39, 0.29) is 11.9 Å². The van der Waals surface area contributed by atoms with Crippen LogP contribution in [0.15, 0.2) is 95.3 Å². The zero-order valence-electron chi connectivity index (χ0n) is 22.7. The van der Waals surface area contributed by atoms with Gasteiger partial charge in [-0.05, 0) is 57.0 Å². The quantitative estimate of drug-likeness (QED) is 0.230. The summed E-state index contributed by atoms with van der Waals surface area (Å²) >= 11 is 0. The number of carbonyl (C=O) groups excluding carboxylic acids is 1. The summed E-state index contributed by atoms with van der Waals surface area (Å²) in [6.45, 7) is 12.0. The number of carbonyl (C=O) groups is 1. The normalized spacial score (nSPS) is 16.8. The number of aromatic nitrogens is 2. The van der Waals surface area contributed by atoms with E-state index in [1.807, 2.05) is 61.0 Å². The number of hydrogen-bond acceptors (Lipinski definition) is 5. The summed E-state index contributed by atoms with van der Waals surface area (Å²) in [5, 5.41) is 8.50. The van der Waals surface area contributed by atoms with E-state index < -0.39 is 0 Å². The van der Waals surface area contributed by atoms with Crippen LogP contribution in [-0.4, -0.2) is 58.6 Å². The molecule has 1 amide bonds. The first-order valence-electron chi connectivity index (χ1n) is 13.1. The molecule has 2 heterocycles. The zero-order valence-corrected chi connectivity index (χ0v) is 22.7. The smallest absolute Gasteiger partial charge is 0.252 e. The van der Waals surface area contributed by atoms with Crippen molar-refractivity contribution in [1.82, 2.24) is 14.7 Å². The first-order chi connectivity index (χ1) is 18.5. The molecule has 4 rings (SSSR count). The second-order valence-electron chi connectivity index (χ2n) is 9.53. The van der Waals surface area contributed by atoms with Gasteiger partial charge in [-0.15, -0.1) is 0 Å². The Morgan fingerprint density at radius 1 is 1.13 bits per heavy atom. The van der Waals surface area contributed by atoms with Gasteiger partial charge >= 0.3 is 0 Å². The maximum Gasteiger partial charge on any atom is 0.252 e. The number of benzene rings is 2. The number of ether oxygens (including phenoxy) is 1. The topological polar surface area (TPSA) is 71.8 Å². The van der Waals surface area contributed by atoms with Gasteiger partial charge in [-0.25, -0.2) is 0 Å². The minimum absolute atomic E-state index is 0.191. The van der Waals surface area contributed by atoms with Gasteiger partial charge < -0.3 is 10.1 Å². The van der Waals surface area contributed by atoms with Crippen LogP contribution in [0.3, 0.4) is 0 Å². The Morgan fingerprint density at radius 3 is 2.63 bits per heavy atom. The summed E-state index contributed by atoms with van der Waals surface area (Å²) in [5.41, 5.74) is 5.43. The maximum absolute atomic E-state index is 13.0. The van der Waals surface area contributed by atoms with E-state index in [1.54, 1.807) is 19.3 Å². The molecule has 0 saturated carbocycles. The summed E-state index contributed by atoms with van der Waals surface area (Å²) < 4.78 is 7.44. The number of allylic oxidation sites excluding steroid dienone is 2. The second-order valence-corrected chi connectivity index (χ2v) is 9.53. The minimum atomic E-state index is -0.191. The van der Waals surface area contributed by atoms with Crippen LogP contribution < -0.4 is 5.32 Å². The number of rotatable bonds is 9. The van der Waals surface area contributed by atoms with Gasteiger partial charge in [0.05, 0.1) is 37.2 Å². The maximum atomic E-state index is 13.0. The zero-order chi connectivity index (χ0) is 26.9. The highest BCUT2D eigenvalue weighted by atomic mass is 16.5. The molecule has 7 heteroatoms. The van der Waals surface area contributed by atoms with Crippen LogP contribution in [0.2, 0.25) is 0 Å². The van der Waals surface area contributed by atoms with E-state index in [4.69, 9.17) is 4.74 Å². The van der Waals surface area contributed by atoms with Crippen LogP contribution in [-0.2, 0) is 16.1 Å². The Hall–Kier alpha value is -3.81. The lowest BCUT2D eigenvalue weighted by molar-refractivity contribution is -0.112. The van der Waals surface area contributed by atoms with Crippen molar-refractivity contribution in [2.75, 3.05) is 31.6 Å². The third-order valence-electron chi connectivity index (χ3n) is 6.74. The number of amides is 1. The first-order valence-corrected chi connectivity index (χ1v) is 13.1. The number of morpholine rings is 1. The summed E-state index contributed by atoms with van der Waals surface area (Å²) in [6, 6.07) is 16.3. The third-order valence-corrected chi connectivity index (χ3v) is 6.74. The van der Waals surface area contributed by atoms with E-state index in [2.05, 4.69) is 51.5 Å². The molecule has 1 aliphatic rings. The molecular formula is C31H37N5O2. The first kappa shape index (κ1) is 27.2. The molecular weight excluding hydrogens is 474 g/mol. The van der Waals surface area contributed by atoms with Crippen molar-refractivity contribution in [3.05, 3.63) is 95.9 Å². The van der Waals surface area contributed by atoms with Crippen LogP contribution in [0.25, 0.3) is 10.9 Å². The minimum Gasteiger partial charge on any atom is -0.379 e. The summed E-state index contributed by atoms with van der Waals surface area (Å²) in [5.74, 6) is -0.191. The fraction of sp³-hybridized carbons (Fsp3) is 0.323. The van der Waals surface area contributed by atoms with Crippen molar-refractivity contribution in [1.29, 1.82) is 0 Å². The lowest BCUT2D eigenvalue weighted by atomic mass is 10.0. The predicted octanol–water partition coefficient (Wildman–Crippen LogP) is 5.61. The molecule has 1 atom stereocenters. The number of nitrogens with one attached hydrogen (secondary N) is 1. The number of hydrogen-bond donors (Lipinski definition) is 1. The average molecular weight is 512 g/mol. The molecule has 7 nitrogen and oxygen atoms in total. The molecule has 0 bridgehead atoms. The Labute approximate surface area is 225 Å². The number of anilines is 1. The van der Waals surface area contributed by atoms with Crippen molar-refractivity contribution in [3.8, 4) is 0 Å². The van der Waals surface area contributed by atoms with Gasteiger partial charge in [0.25, 0.3) is 5.91 Å². The van der Waals surface area contributed by atoms with E-state index in [9.17, 15) is 4.79 Å². The van der Waals surface area contributed by atoms with Crippen LogP contribution in [0.1, 0.15) is 33.3 Å². The lowest BCUT2D eigenvalue weighted by Gasteiger charge is -2.33. The highest BCUT2D eigenvalue weighted by Gasteiger charge is 2.19. The van der Waals surface area contributed by atoms with Crippen LogP contribution in [0, 0.1) is 0 Å². The molecule has 1 saturated heterocycles. The van der Waals surface area contributed by atoms with Gasteiger partial charge in [-0.2, -0.15) is 5.10 Å². The molecule has 0 radical (unpaired) electrons. The molecule has 38 heavy (non-hydrogen) atoms. The molecule has 1 fully saturated rings. The van der Waals surface area contributed by atoms with Crippen molar-refractivity contribution in [2.24, 2.45) is 4.99 Å². The van der Waals surface area contributed by atoms with Crippen LogP contribution in [0.5, 0.6) is 0 Å². The lowest BCUT2D eigenvalue weighted by Crippen LogP contribution is -2.42. The van der Waals surface area contributed by atoms with Gasteiger partial charge in [0.1, 0.15) is 0 Å². The highest BCUT2D eigenvalue weighted by molar-refractivity contribution is 6.08. The molecule has 198 valence electrons. The largest absolute Gasteiger partial charge is 0.379 e. The van der Waals surface area contributed by atoms with E-state index >= 15 is 0 Å². The van der Waals surface area contributed by atoms with Gasteiger partial charge in [-0.3, -0.25) is 19.4 Å². The molecule has 3 aromatic rings. The van der Waals surface area contributed by atoms with Crippen LogP contribution >= 0.6 is 0 Å². The molecule has 0 aliphatic carbocycles. The van der Waals surface area contributed by atoms with Gasteiger partial charge in [-0.1, -0.05) is 48.6 Å². The standard InChI is InChI=1S/C31H37N5O2/c1-5-10-27(25(4)35-15-17-38-18-16-35)19-24(3)32-20-23(2)31(37)34-29-13-9-14-30-28(29)21-33-36(30)22-26-11-7-6-8-12-26/h5-14,19-21,25H,15-18,22H2,1-4H3,(H,34,37)/b10-5-,23-20+,27-19+,32-24+. The van der Waals surface area contributed by atoms with Gasteiger partial charge in [0, 0.05) is 42.0 Å². The Morgan fingerprint density at radius 2 is 1.89 bits per heavy atom. The summed E-state index contributed by atoms with van der Waals surface area (Å²) in [7, 11) is 0. The van der Waals surface area contributed by atoms with E-state index in [0.717, 1.165) is 48.6 Å². The highest BCUT2D eigenvalue weighted by Crippen LogP contribution is 2.24. The molecule has 1 aromatic heterocycles. The molecule has 1 unspecified atom stereocenters. The Bertz CT molecular complexity index is 1360.